The molecule has 9 heteroatoms. The highest BCUT2D eigenvalue weighted by atomic mass is 32.1. The second kappa shape index (κ2) is 11.0. The normalized spacial score (nSPS) is 17.9. The lowest BCUT2D eigenvalue weighted by Gasteiger charge is -2.37. The zero-order valence-corrected chi connectivity index (χ0v) is 23.6. The molecule has 1 saturated heterocycles. The number of methoxy groups -OCH3 is 1. The number of rotatable bonds is 7. The topological polar surface area (TPSA) is 83.1 Å². The molecule has 1 aliphatic heterocycles. The lowest BCUT2D eigenvalue weighted by Crippen LogP contribution is -2.50. The highest BCUT2D eigenvalue weighted by molar-refractivity contribution is 7.07. The first-order chi connectivity index (χ1) is 19.4. The number of amides is 1. The Morgan fingerprint density at radius 2 is 2.05 bits per heavy atom. The number of benzene rings is 3. The molecule has 1 amide bonds. The van der Waals surface area contributed by atoms with Crippen LogP contribution in [0.3, 0.4) is 0 Å². The first-order valence-electron chi connectivity index (χ1n) is 13.6. The fraction of sp³-hybridized carbons (Fsp3) is 0.323. The molecular formula is C31H32FN5O2S. The van der Waals surface area contributed by atoms with Crippen molar-refractivity contribution < 1.29 is 13.9 Å². The van der Waals surface area contributed by atoms with Crippen molar-refractivity contribution in [2.45, 2.75) is 39.3 Å². The molecule has 7 nitrogen and oxygen atoms in total. The van der Waals surface area contributed by atoms with Gasteiger partial charge in [0.15, 0.2) is 0 Å². The van der Waals surface area contributed by atoms with E-state index in [1.165, 1.54) is 27.9 Å². The van der Waals surface area contributed by atoms with Crippen molar-refractivity contribution in [3.05, 3.63) is 76.4 Å². The van der Waals surface area contributed by atoms with Crippen LogP contribution in [0, 0.1) is 11.7 Å². The second-order valence-electron chi connectivity index (χ2n) is 10.6. The van der Waals surface area contributed by atoms with Gasteiger partial charge in [-0.15, -0.1) is 0 Å². The van der Waals surface area contributed by atoms with E-state index in [0.717, 1.165) is 47.1 Å². The van der Waals surface area contributed by atoms with E-state index in [-0.39, 0.29) is 17.8 Å². The molecule has 0 radical (unpaired) electrons. The van der Waals surface area contributed by atoms with Crippen LogP contribution in [0.4, 0.5) is 4.39 Å². The van der Waals surface area contributed by atoms with Crippen LogP contribution < -0.4 is 10.1 Å². The molecule has 1 aliphatic rings. The van der Waals surface area contributed by atoms with E-state index < -0.39 is 0 Å². The molecule has 206 valence electrons. The van der Waals surface area contributed by atoms with Gasteiger partial charge in [0.2, 0.25) is 0 Å². The Labute approximate surface area is 236 Å². The van der Waals surface area contributed by atoms with Crippen LogP contribution in [-0.2, 0) is 13.0 Å². The SMILES string of the molecule is CCc1snc2cc(-c3n[nH]c4ccc(C(=O)NC5CC(C)CN(Cc6c(F)cccc6OC)C5)cc34)ccc12. The number of nitrogens with one attached hydrogen (secondary N) is 2. The number of ether oxygens (including phenoxy) is 1. The van der Waals surface area contributed by atoms with E-state index in [9.17, 15) is 9.18 Å². The third-order valence-electron chi connectivity index (χ3n) is 7.72. The molecule has 6 rings (SSSR count). The van der Waals surface area contributed by atoms with Gasteiger partial charge in [-0.1, -0.05) is 32.0 Å². The van der Waals surface area contributed by atoms with Gasteiger partial charge >= 0.3 is 0 Å². The highest BCUT2D eigenvalue weighted by Crippen LogP contribution is 2.32. The third-order valence-corrected chi connectivity index (χ3v) is 8.74. The summed E-state index contributed by atoms with van der Waals surface area (Å²) >= 11 is 1.54. The number of carbonyl (C=O) groups excluding carboxylic acids is 1. The van der Waals surface area contributed by atoms with Crippen molar-refractivity contribution in [1.29, 1.82) is 0 Å². The number of fused-ring (bicyclic) bond motifs is 2. The number of nitrogens with zero attached hydrogens (tertiary/aromatic N) is 3. The van der Waals surface area contributed by atoms with Gasteiger partial charge in [0.25, 0.3) is 5.91 Å². The fourth-order valence-corrected chi connectivity index (χ4v) is 6.60. The van der Waals surface area contributed by atoms with Gasteiger partial charge in [-0.25, -0.2) is 4.39 Å². The van der Waals surface area contributed by atoms with Gasteiger partial charge in [0.05, 0.1) is 23.8 Å². The molecule has 3 heterocycles. The molecule has 2 aromatic heterocycles. The lowest BCUT2D eigenvalue weighted by atomic mass is 9.95. The summed E-state index contributed by atoms with van der Waals surface area (Å²) in [6, 6.07) is 16.7. The average Bonchev–Trinajstić information content (AvgIpc) is 3.57. The molecule has 1 fully saturated rings. The Morgan fingerprint density at radius 1 is 1.18 bits per heavy atom. The number of halogens is 1. The number of carbonyl (C=O) groups is 1. The van der Waals surface area contributed by atoms with E-state index in [2.05, 4.69) is 56.8 Å². The Kier molecular flexibility index (Phi) is 7.25. The van der Waals surface area contributed by atoms with E-state index in [1.807, 2.05) is 18.2 Å². The van der Waals surface area contributed by atoms with E-state index in [1.54, 1.807) is 19.2 Å². The van der Waals surface area contributed by atoms with Crippen LogP contribution in [0.5, 0.6) is 5.75 Å². The molecule has 2 unspecified atom stereocenters. The average molecular weight is 558 g/mol. The third kappa shape index (κ3) is 5.07. The Balaban J connectivity index is 1.21. The molecule has 40 heavy (non-hydrogen) atoms. The van der Waals surface area contributed by atoms with Crippen molar-refractivity contribution in [3.63, 3.8) is 0 Å². The Hall–Kier alpha value is -3.82. The summed E-state index contributed by atoms with van der Waals surface area (Å²) in [5, 5.41) is 13.0. The zero-order valence-electron chi connectivity index (χ0n) is 22.8. The van der Waals surface area contributed by atoms with Crippen LogP contribution in [-0.4, -0.2) is 51.6 Å². The maximum Gasteiger partial charge on any atom is 0.251 e. The fourth-order valence-electron chi connectivity index (χ4n) is 5.85. The minimum Gasteiger partial charge on any atom is -0.496 e. The van der Waals surface area contributed by atoms with Crippen molar-refractivity contribution in [1.82, 2.24) is 24.8 Å². The summed E-state index contributed by atoms with van der Waals surface area (Å²) in [4.78, 5) is 16.9. The number of aryl methyl sites for hydroxylation is 1. The molecular weight excluding hydrogens is 525 g/mol. The van der Waals surface area contributed by atoms with Crippen molar-refractivity contribution in [2.24, 2.45) is 5.92 Å². The van der Waals surface area contributed by atoms with E-state index >= 15 is 0 Å². The van der Waals surface area contributed by atoms with Gasteiger partial charge in [-0.2, -0.15) is 9.47 Å². The molecule has 2 N–H and O–H groups in total. The first-order valence-corrected chi connectivity index (χ1v) is 14.4. The number of H-pyrrole nitrogens is 1. The van der Waals surface area contributed by atoms with Crippen LogP contribution >= 0.6 is 11.5 Å². The maximum absolute atomic E-state index is 14.6. The Bertz CT molecular complexity index is 1700. The van der Waals surface area contributed by atoms with Crippen LogP contribution in [0.1, 0.15) is 41.1 Å². The summed E-state index contributed by atoms with van der Waals surface area (Å²) in [5.41, 5.74) is 4.73. The van der Waals surface area contributed by atoms with Crippen molar-refractivity contribution in [2.75, 3.05) is 20.2 Å². The smallest absolute Gasteiger partial charge is 0.251 e. The monoisotopic (exact) mass is 557 g/mol. The summed E-state index contributed by atoms with van der Waals surface area (Å²) in [7, 11) is 1.56. The van der Waals surface area contributed by atoms with Crippen LogP contribution in [0.2, 0.25) is 0 Å². The molecule has 5 aromatic rings. The quantitative estimate of drug-likeness (QED) is 0.249. The lowest BCUT2D eigenvalue weighted by molar-refractivity contribution is 0.0868. The number of aromatic amines is 1. The first kappa shape index (κ1) is 26.4. The number of hydrogen-bond donors (Lipinski definition) is 2. The van der Waals surface area contributed by atoms with Gasteiger partial charge in [0, 0.05) is 58.0 Å². The van der Waals surface area contributed by atoms with Gasteiger partial charge < -0.3 is 10.1 Å². The van der Waals surface area contributed by atoms with Gasteiger partial charge in [0.1, 0.15) is 11.6 Å². The zero-order chi connectivity index (χ0) is 27.8. The maximum atomic E-state index is 14.6. The second-order valence-corrected chi connectivity index (χ2v) is 11.5. The van der Waals surface area contributed by atoms with Crippen LogP contribution in [0.25, 0.3) is 33.1 Å². The van der Waals surface area contributed by atoms with E-state index in [0.29, 0.717) is 35.9 Å². The highest BCUT2D eigenvalue weighted by Gasteiger charge is 2.28. The summed E-state index contributed by atoms with van der Waals surface area (Å²) in [6.07, 6.45) is 1.82. The molecule has 0 bridgehead atoms. The number of piperidine rings is 1. The standard InChI is InChI=1S/C31H32FN5O2S/c1-4-29-22-10-8-19(14-27(22)36-40-29)30-23-13-20(9-11-26(23)34-35-30)31(38)33-21-12-18(2)15-37(16-21)17-24-25(32)6-5-7-28(24)39-3/h5-11,13-14,18,21H,4,12,15-17H2,1-3H3,(H,33,38)(H,34,35). The molecule has 0 aliphatic carbocycles. The number of aromatic nitrogens is 3. The van der Waals surface area contributed by atoms with Gasteiger partial charge in [-0.3, -0.25) is 14.8 Å². The number of likely N-dealkylation sites (tertiary alicyclic amines) is 1. The van der Waals surface area contributed by atoms with Crippen LogP contribution in [0.15, 0.2) is 54.6 Å². The largest absolute Gasteiger partial charge is 0.496 e. The summed E-state index contributed by atoms with van der Waals surface area (Å²) in [6.45, 7) is 6.20. The Morgan fingerprint density at radius 3 is 2.88 bits per heavy atom. The van der Waals surface area contributed by atoms with E-state index in [4.69, 9.17) is 4.74 Å². The summed E-state index contributed by atoms with van der Waals surface area (Å²) < 4.78 is 24.6. The number of hydrogen-bond acceptors (Lipinski definition) is 6. The summed E-state index contributed by atoms with van der Waals surface area (Å²) in [5.74, 6) is 0.498. The van der Waals surface area contributed by atoms with Gasteiger partial charge in [-0.05, 0) is 66.7 Å². The predicted octanol–water partition coefficient (Wildman–Crippen LogP) is 6.19. The van der Waals surface area contributed by atoms with Crippen molar-refractivity contribution in [3.8, 4) is 17.0 Å². The molecule has 3 aromatic carbocycles. The van der Waals surface area contributed by atoms with Crippen molar-refractivity contribution >= 4 is 39.2 Å². The predicted molar refractivity (Wildman–Crippen MR) is 157 cm³/mol. The molecule has 0 spiro atoms. The minimum atomic E-state index is -0.276. The minimum absolute atomic E-state index is 0.0478. The molecule has 0 saturated carbocycles. The molecule has 2 atom stereocenters.